The Morgan fingerprint density at radius 3 is 2.24 bits per heavy atom. The average Bonchev–Trinajstić information content (AvgIpc) is 3.36. The summed E-state index contributed by atoms with van der Waals surface area (Å²) < 4.78 is 5.81. The van der Waals surface area contributed by atoms with Crippen LogP contribution in [-0.4, -0.2) is 49.2 Å². The summed E-state index contributed by atoms with van der Waals surface area (Å²) in [6.45, 7) is 2.12. The van der Waals surface area contributed by atoms with Gasteiger partial charge in [-0.2, -0.15) is 10.2 Å². The molecule has 0 aromatic heterocycles. The topological polar surface area (TPSA) is 129 Å². The SMILES string of the molecule is CCOc1cc(C2C3=CCC4C(=O)N(c5ccc(N=Nc6ccc(N(C)C)cc6)cc5)C(=O)C4C3CC3=C2C(=O)C=C(Br)C3=O)ccc1O. The fourth-order valence-electron chi connectivity index (χ4n) is 7.42. The molecule has 4 atom stereocenters. The van der Waals surface area contributed by atoms with Crippen LogP contribution in [0, 0.1) is 17.8 Å². The van der Waals surface area contributed by atoms with Gasteiger partial charge in [-0.05, 0) is 108 Å². The van der Waals surface area contributed by atoms with Gasteiger partial charge in [0.05, 0.1) is 40.0 Å². The summed E-state index contributed by atoms with van der Waals surface area (Å²) in [5, 5.41) is 19.0. The van der Waals surface area contributed by atoms with E-state index < -0.39 is 23.7 Å². The van der Waals surface area contributed by atoms with Crippen LogP contribution in [0.3, 0.4) is 0 Å². The number of phenols is 1. The largest absolute Gasteiger partial charge is 0.504 e. The average molecular weight is 722 g/mol. The minimum atomic E-state index is -0.718. The number of allylic oxidation sites excluding steroid dienone is 6. The fraction of sp³-hybridized carbons (Fsp3) is 0.263. The van der Waals surface area contributed by atoms with Gasteiger partial charge in [0.25, 0.3) is 0 Å². The summed E-state index contributed by atoms with van der Waals surface area (Å²) in [7, 11) is 3.93. The molecule has 49 heavy (non-hydrogen) atoms. The summed E-state index contributed by atoms with van der Waals surface area (Å²) in [6, 6.07) is 19.3. The first-order chi connectivity index (χ1) is 23.6. The van der Waals surface area contributed by atoms with Crippen molar-refractivity contribution in [3.05, 3.63) is 106 Å². The molecule has 10 nitrogen and oxygen atoms in total. The second-order valence-corrected chi connectivity index (χ2v) is 13.5. The number of ether oxygens (including phenoxy) is 1. The first-order valence-electron chi connectivity index (χ1n) is 16.1. The molecule has 0 radical (unpaired) electrons. The third-order valence-electron chi connectivity index (χ3n) is 9.70. The number of rotatable bonds is 7. The summed E-state index contributed by atoms with van der Waals surface area (Å²) in [5.74, 6) is -3.50. The van der Waals surface area contributed by atoms with Crippen LogP contribution in [0.4, 0.5) is 22.7 Å². The number of carbonyl (C=O) groups excluding carboxylic acids is 4. The van der Waals surface area contributed by atoms with Crippen LogP contribution in [0.5, 0.6) is 11.5 Å². The quantitative estimate of drug-likeness (QED) is 0.118. The predicted molar refractivity (Wildman–Crippen MR) is 188 cm³/mol. The number of ketones is 2. The number of nitrogens with zero attached hydrogens (tertiary/aromatic N) is 4. The van der Waals surface area contributed by atoms with Crippen molar-refractivity contribution in [2.24, 2.45) is 28.0 Å². The molecule has 1 saturated heterocycles. The highest BCUT2D eigenvalue weighted by Gasteiger charge is 2.56. The number of carbonyl (C=O) groups is 4. The van der Waals surface area contributed by atoms with Crippen molar-refractivity contribution in [3.8, 4) is 11.5 Å². The Bertz CT molecular complexity index is 2030. The molecule has 7 rings (SSSR count). The maximum atomic E-state index is 14.3. The lowest BCUT2D eigenvalue weighted by Crippen LogP contribution is -2.39. The molecule has 1 fully saturated rings. The van der Waals surface area contributed by atoms with E-state index in [1.807, 2.05) is 49.3 Å². The van der Waals surface area contributed by atoms with Gasteiger partial charge in [0, 0.05) is 42.9 Å². The van der Waals surface area contributed by atoms with E-state index in [0.717, 1.165) is 11.3 Å². The summed E-state index contributed by atoms with van der Waals surface area (Å²) in [4.78, 5) is 58.4. The zero-order valence-electron chi connectivity index (χ0n) is 27.1. The highest BCUT2D eigenvalue weighted by molar-refractivity contribution is 9.12. The van der Waals surface area contributed by atoms with Crippen LogP contribution in [0.25, 0.3) is 0 Å². The van der Waals surface area contributed by atoms with E-state index in [9.17, 15) is 24.3 Å². The molecular formula is C38H33BrN4O6. The number of hydrogen-bond acceptors (Lipinski definition) is 9. The molecule has 0 spiro atoms. The number of Topliss-reactive ketones (excluding diaryl/α,β-unsaturated/α-hetero) is 1. The Hall–Kier alpha value is -5.16. The Balaban J connectivity index is 1.20. The number of azo groups is 1. The third-order valence-corrected chi connectivity index (χ3v) is 10.3. The molecule has 4 unspecified atom stereocenters. The molecule has 3 aromatic carbocycles. The van der Waals surface area contributed by atoms with Gasteiger partial charge in [-0.25, -0.2) is 0 Å². The van der Waals surface area contributed by atoms with E-state index in [1.54, 1.807) is 43.3 Å². The third kappa shape index (κ3) is 5.61. The predicted octanol–water partition coefficient (Wildman–Crippen LogP) is 7.24. The van der Waals surface area contributed by atoms with Crippen molar-refractivity contribution in [1.82, 2.24) is 0 Å². The van der Waals surface area contributed by atoms with Gasteiger partial charge in [0.15, 0.2) is 23.1 Å². The molecule has 2 amide bonds. The first-order valence-corrected chi connectivity index (χ1v) is 16.9. The minimum absolute atomic E-state index is 0.0445. The molecule has 4 aliphatic rings. The molecule has 3 aliphatic carbocycles. The van der Waals surface area contributed by atoms with Gasteiger partial charge >= 0.3 is 0 Å². The molecule has 3 aromatic rings. The zero-order chi connectivity index (χ0) is 34.6. The number of fused-ring (bicyclic) bond motifs is 3. The van der Waals surface area contributed by atoms with Gasteiger partial charge in [0.1, 0.15) is 0 Å². The van der Waals surface area contributed by atoms with Gasteiger partial charge in [-0.1, -0.05) is 17.7 Å². The summed E-state index contributed by atoms with van der Waals surface area (Å²) >= 11 is 3.26. The normalized spacial score (nSPS) is 23.3. The Morgan fingerprint density at radius 2 is 1.59 bits per heavy atom. The maximum absolute atomic E-state index is 14.3. The van der Waals surface area contributed by atoms with Crippen molar-refractivity contribution in [2.45, 2.75) is 25.7 Å². The van der Waals surface area contributed by atoms with Crippen LogP contribution in [-0.2, 0) is 19.2 Å². The van der Waals surface area contributed by atoms with Crippen LogP contribution >= 0.6 is 15.9 Å². The number of anilines is 2. The van der Waals surface area contributed by atoms with Crippen LogP contribution < -0.4 is 14.5 Å². The van der Waals surface area contributed by atoms with Gasteiger partial charge < -0.3 is 14.7 Å². The van der Waals surface area contributed by atoms with Crippen molar-refractivity contribution in [3.63, 3.8) is 0 Å². The van der Waals surface area contributed by atoms with E-state index in [-0.39, 0.29) is 45.8 Å². The standard InChI is InChI=1S/C38H33BrN4O6/c1-4-49-32-17-20(5-16-30(32)44)33-25-14-15-26-34(27(25)18-28-35(33)31(45)19-29(39)36(28)46)38(48)43(37(26)47)24-12-8-22(9-13-24)41-40-21-6-10-23(11-7-21)42(2)3/h5-14,16-17,19,26-27,33-34,44H,4,15,18H2,1-3H3. The van der Waals surface area contributed by atoms with Gasteiger partial charge in [0.2, 0.25) is 11.8 Å². The van der Waals surface area contributed by atoms with Gasteiger partial charge in [-0.3, -0.25) is 24.1 Å². The van der Waals surface area contributed by atoms with Crippen molar-refractivity contribution < 1.29 is 29.0 Å². The van der Waals surface area contributed by atoms with E-state index >= 15 is 0 Å². The van der Waals surface area contributed by atoms with E-state index in [4.69, 9.17) is 4.74 Å². The molecule has 0 saturated carbocycles. The fourth-order valence-corrected chi connectivity index (χ4v) is 7.87. The smallest absolute Gasteiger partial charge is 0.238 e. The molecule has 1 N–H and O–H groups in total. The van der Waals surface area contributed by atoms with Crippen LogP contribution in [0.1, 0.15) is 31.2 Å². The number of amides is 2. The number of imide groups is 1. The lowest BCUT2D eigenvalue weighted by Gasteiger charge is -2.42. The molecular weight excluding hydrogens is 688 g/mol. The Kier molecular flexibility index (Phi) is 8.40. The lowest BCUT2D eigenvalue weighted by atomic mass is 9.59. The molecule has 11 heteroatoms. The van der Waals surface area contributed by atoms with Crippen molar-refractivity contribution in [1.29, 1.82) is 0 Å². The van der Waals surface area contributed by atoms with Crippen LogP contribution in [0.15, 0.2) is 110 Å². The molecule has 0 bridgehead atoms. The zero-order valence-corrected chi connectivity index (χ0v) is 28.7. The highest BCUT2D eigenvalue weighted by atomic mass is 79.9. The monoisotopic (exact) mass is 720 g/mol. The van der Waals surface area contributed by atoms with Crippen molar-refractivity contribution >= 4 is 62.1 Å². The number of aromatic hydroxyl groups is 1. The maximum Gasteiger partial charge on any atom is 0.238 e. The number of phenolic OH excluding ortho intramolecular Hbond substituents is 1. The Morgan fingerprint density at radius 1 is 0.918 bits per heavy atom. The first kappa shape index (κ1) is 32.4. The minimum Gasteiger partial charge on any atom is -0.504 e. The van der Waals surface area contributed by atoms with Gasteiger partial charge in [-0.15, -0.1) is 0 Å². The highest BCUT2D eigenvalue weighted by Crippen LogP contribution is 2.56. The molecule has 1 heterocycles. The number of halogens is 1. The molecule has 1 aliphatic heterocycles. The summed E-state index contributed by atoms with van der Waals surface area (Å²) in [5.41, 5.74) is 4.90. The molecule has 248 valence electrons. The number of benzene rings is 3. The van der Waals surface area contributed by atoms with E-state index in [2.05, 4.69) is 26.2 Å². The van der Waals surface area contributed by atoms with E-state index in [0.29, 0.717) is 46.8 Å². The van der Waals surface area contributed by atoms with Crippen molar-refractivity contribution in [2.75, 3.05) is 30.5 Å². The van der Waals surface area contributed by atoms with Crippen LogP contribution in [0.2, 0.25) is 0 Å². The second-order valence-electron chi connectivity index (χ2n) is 12.7. The van der Waals surface area contributed by atoms with E-state index in [1.165, 1.54) is 17.0 Å². The second kappa shape index (κ2) is 12.7. The lowest BCUT2D eigenvalue weighted by molar-refractivity contribution is -0.123. The Labute approximate surface area is 291 Å². The number of hydrogen-bond donors (Lipinski definition) is 1. The summed E-state index contributed by atoms with van der Waals surface area (Å²) in [6.07, 6.45) is 3.72.